The third-order valence-electron chi connectivity index (χ3n) is 4.08. The zero-order valence-corrected chi connectivity index (χ0v) is 15.7. The second kappa shape index (κ2) is 5.71. The van der Waals surface area contributed by atoms with Crippen molar-refractivity contribution in [2.75, 3.05) is 12.4 Å². The topological polar surface area (TPSA) is 43.4 Å². The second-order valence-electron chi connectivity index (χ2n) is 6.51. The summed E-state index contributed by atoms with van der Waals surface area (Å²) in [4.78, 5) is 4.45. The number of pyridine rings is 1. The molecule has 0 saturated heterocycles. The van der Waals surface area contributed by atoms with E-state index in [1.54, 1.807) is 7.11 Å². The van der Waals surface area contributed by atoms with E-state index in [-0.39, 0.29) is 5.60 Å². The molecule has 0 saturated carbocycles. The fourth-order valence-corrected chi connectivity index (χ4v) is 3.84. The van der Waals surface area contributed by atoms with Gasteiger partial charge >= 0.3 is 0 Å². The number of halogens is 1. The first-order valence-electron chi connectivity index (χ1n) is 7.60. The molecule has 0 bridgehead atoms. The fourth-order valence-electron chi connectivity index (χ4n) is 3.04. The highest BCUT2D eigenvalue weighted by Gasteiger charge is 2.33. The molecule has 2 aromatic rings. The number of hydrogen-bond acceptors (Lipinski definition) is 4. The summed E-state index contributed by atoms with van der Waals surface area (Å²) in [5.41, 5.74) is 4.96. The van der Waals surface area contributed by atoms with E-state index in [4.69, 9.17) is 9.47 Å². The van der Waals surface area contributed by atoms with E-state index in [1.807, 2.05) is 19.2 Å². The van der Waals surface area contributed by atoms with Gasteiger partial charge in [0.25, 0.3) is 0 Å². The third kappa shape index (κ3) is 2.90. The lowest BCUT2D eigenvalue weighted by molar-refractivity contribution is 0.139. The number of ether oxygens (including phenoxy) is 2. The van der Waals surface area contributed by atoms with Gasteiger partial charge in [-0.2, -0.15) is 0 Å². The zero-order chi connectivity index (χ0) is 16.8. The molecule has 2 heterocycles. The molecule has 0 fully saturated rings. The molecule has 5 heteroatoms. The minimum atomic E-state index is -0.214. The number of hydrogen-bond donors (Lipinski definition) is 1. The molecule has 1 aromatic carbocycles. The Morgan fingerprint density at radius 2 is 2.09 bits per heavy atom. The number of benzene rings is 1. The predicted molar refractivity (Wildman–Crippen MR) is 96.1 cm³/mol. The van der Waals surface area contributed by atoms with Crippen LogP contribution in [0.1, 0.15) is 30.7 Å². The molecule has 0 radical (unpaired) electrons. The lowest BCUT2D eigenvalue weighted by atomic mass is 10.1. The summed E-state index contributed by atoms with van der Waals surface area (Å²) >= 11 is 3.55. The van der Waals surface area contributed by atoms with Gasteiger partial charge in [-0.25, -0.2) is 0 Å². The second-order valence-corrected chi connectivity index (χ2v) is 7.36. The minimum Gasteiger partial charge on any atom is -0.495 e. The molecule has 0 spiro atoms. The van der Waals surface area contributed by atoms with Crippen LogP contribution in [-0.4, -0.2) is 17.7 Å². The number of fused-ring (bicyclic) bond motifs is 1. The van der Waals surface area contributed by atoms with Crippen LogP contribution in [0.25, 0.3) is 0 Å². The molecule has 1 N–H and O–H groups in total. The Balaban J connectivity index is 2.04. The summed E-state index contributed by atoms with van der Waals surface area (Å²) < 4.78 is 12.6. The van der Waals surface area contributed by atoms with Crippen molar-refractivity contribution in [2.45, 2.75) is 39.7 Å². The van der Waals surface area contributed by atoms with Gasteiger partial charge in [-0.3, -0.25) is 4.98 Å². The molecule has 1 aromatic heterocycles. The van der Waals surface area contributed by atoms with E-state index in [2.05, 4.69) is 53.1 Å². The van der Waals surface area contributed by atoms with Crippen LogP contribution in [0.2, 0.25) is 0 Å². The van der Waals surface area contributed by atoms with Crippen LogP contribution >= 0.6 is 15.9 Å². The van der Waals surface area contributed by atoms with Crippen LogP contribution in [0.3, 0.4) is 0 Å². The molecular weight excluding hydrogens is 356 g/mol. The van der Waals surface area contributed by atoms with E-state index in [0.717, 1.165) is 50.6 Å². The Morgan fingerprint density at radius 3 is 2.78 bits per heavy atom. The van der Waals surface area contributed by atoms with Crippen molar-refractivity contribution in [3.63, 3.8) is 0 Å². The predicted octanol–water partition coefficient (Wildman–Crippen LogP) is 4.93. The van der Waals surface area contributed by atoms with E-state index in [9.17, 15) is 0 Å². The highest BCUT2D eigenvalue weighted by molar-refractivity contribution is 9.10. The molecule has 0 atom stereocenters. The fraction of sp³-hybridized carbons (Fsp3) is 0.389. The summed E-state index contributed by atoms with van der Waals surface area (Å²) in [5, 5.41) is 3.51. The Bertz CT molecular complexity index is 772. The summed E-state index contributed by atoms with van der Waals surface area (Å²) in [6.45, 7) is 8.28. The van der Waals surface area contributed by atoms with Crippen molar-refractivity contribution in [2.24, 2.45) is 0 Å². The lowest BCUT2D eigenvalue weighted by Gasteiger charge is -2.20. The van der Waals surface area contributed by atoms with Crippen LogP contribution in [0.5, 0.6) is 11.5 Å². The average Bonchev–Trinajstić information content (AvgIpc) is 2.78. The summed E-state index contributed by atoms with van der Waals surface area (Å²) in [6, 6.07) is 4.01. The van der Waals surface area contributed by atoms with Gasteiger partial charge in [-0.1, -0.05) is 0 Å². The number of nitrogens with one attached hydrogen (secondary N) is 1. The Morgan fingerprint density at radius 1 is 1.35 bits per heavy atom. The van der Waals surface area contributed by atoms with Crippen molar-refractivity contribution >= 4 is 27.3 Å². The normalized spacial score (nSPS) is 15.0. The summed E-state index contributed by atoms with van der Waals surface area (Å²) in [7, 11) is 1.68. The first-order valence-corrected chi connectivity index (χ1v) is 8.39. The maximum atomic E-state index is 6.09. The van der Waals surface area contributed by atoms with E-state index in [1.165, 1.54) is 0 Å². The van der Waals surface area contributed by atoms with Crippen LogP contribution in [0, 0.1) is 13.8 Å². The number of nitrogens with zero attached hydrogens (tertiary/aromatic N) is 1. The highest BCUT2D eigenvalue weighted by Crippen LogP contribution is 2.43. The van der Waals surface area contributed by atoms with Crippen molar-refractivity contribution in [3.8, 4) is 11.5 Å². The zero-order valence-electron chi connectivity index (χ0n) is 14.1. The van der Waals surface area contributed by atoms with E-state index >= 15 is 0 Å². The molecule has 0 amide bonds. The van der Waals surface area contributed by atoms with Gasteiger partial charge in [0.2, 0.25) is 0 Å². The number of anilines is 2. The van der Waals surface area contributed by atoms with Gasteiger partial charge in [0.15, 0.2) is 5.75 Å². The molecule has 0 unspecified atom stereocenters. The maximum absolute atomic E-state index is 6.09. The van der Waals surface area contributed by atoms with Gasteiger partial charge in [0, 0.05) is 23.9 Å². The standard InChI is InChI=1S/C18H21BrN2O2/c1-10-8-12(19)16(22-5)11(2)15(10)21-13-6-7-20-14-9-18(3,4)23-17(13)14/h6-8H,9H2,1-5H3,(H,20,21). The molecule has 122 valence electrons. The van der Waals surface area contributed by atoms with Crippen LogP contribution in [-0.2, 0) is 6.42 Å². The van der Waals surface area contributed by atoms with Crippen molar-refractivity contribution in [1.82, 2.24) is 4.98 Å². The summed E-state index contributed by atoms with van der Waals surface area (Å²) in [5.74, 6) is 1.68. The lowest BCUT2D eigenvalue weighted by Crippen LogP contribution is -2.24. The van der Waals surface area contributed by atoms with Crippen LogP contribution in [0.4, 0.5) is 11.4 Å². The van der Waals surface area contributed by atoms with E-state index in [0.29, 0.717) is 0 Å². The number of methoxy groups -OCH3 is 1. The SMILES string of the molecule is COc1c(Br)cc(C)c(Nc2ccnc3c2OC(C)(C)C3)c1C. The monoisotopic (exact) mass is 376 g/mol. The molecule has 3 rings (SSSR count). The minimum absolute atomic E-state index is 0.214. The molecule has 4 nitrogen and oxygen atoms in total. The smallest absolute Gasteiger partial charge is 0.165 e. The molecular formula is C18H21BrN2O2. The van der Waals surface area contributed by atoms with Gasteiger partial charge in [-0.15, -0.1) is 0 Å². The quantitative estimate of drug-likeness (QED) is 0.824. The largest absolute Gasteiger partial charge is 0.495 e. The maximum Gasteiger partial charge on any atom is 0.165 e. The van der Waals surface area contributed by atoms with Crippen molar-refractivity contribution in [1.29, 1.82) is 0 Å². The van der Waals surface area contributed by atoms with Gasteiger partial charge in [0.1, 0.15) is 11.4 Å². The van der Waals surface area contributed by atoms with Crippen LogP contribution < -0.4 is 14.8 Å². The molecule has 1 aliphatic rings. The molecule has 1 aliphatic heterocycles. The first kappa shape index (κ1) is 16.1. The number of aromatic nitrogens is 1. The summed E-state index contributed by atoms with van der Waals surface area (Å²) in [6.07, 6.45) is 2.64. The first-order chi connectivity index (χ1) is 10.8. The Hall–Kier alpha value is -1.75. The average molecular weight is 377 g/mol. The van der Waals surface area contributed by atoms with Crippen molar-refractivity contribution in [3.05, 3.63) is 39.6 Å². The van der Waals surface area contributed by atoms with E-state index < -0.39 is 0 Å². The highest BCUT2D eigenvalue weighted by atomic mass is 79.9. The van der Waals surface area contributed by atoms with Gasteiger partial charge in [0.05, 0.1) is 23.0 Å². The Labute approximate surface area is 145 Å². The number of aryl methyl sites for hydroxylation is 1. The van der Waals surface area contributed by atoms with Gasteiger partial charge in [-0.05, 0) is 61.3 Å². The number of rotatable bonds is 3. The molecule has 0 aliphatic carbocycles. The van der Waals surface area contributed by atoms with Crippen LogP contribution in [0.15, 0.2) is 22.8 Å². The molecule has 23 heavy (non-hydrogen) atoms. The van der Waals surface area contributed by atoms with Crippen molar-refractivity contribution < 1.29 is 9.47 Å². The van der Waals surface area contributed by atoms with Gasteiger partial charge < -0.3 is 14.8 Å². The Kier molecular flexibility index (Phi) is 4.00. The third-order valence-corrected chi connectivity index (χ3v) is 4.67.